The molecule has 10 nitrogen and oxygen atoms in total. The Morgan fingerprint density at radius 1 is 0.980 bits per heavy atom. The lowest BCUT2D eigenvalue weighted by molar-refractivity contribution is -0.143. The normalized spacial score (nSPS) is 20.1. The maximum absolute atomic E-state index is 12.6. The van der Waals surface area contributed by atoms with E-state index in [1.54, 1.807) is 7.11 Å². The maximum Gasteiger partial charge on any atom is 0.387 e. The number of pyridine rings is 1. The third kappa shape index (κ3) is 9.92. The second kappa shape index (κ2) is 17.2. The number of benzene rings is 2. The molecule has 0 aliphatic heterocycles. The van der Waals surface area contributed by atoms with Crippen LogP contribution >= 0.6 is 23.2 Å². The Morgan fingerprint density at radius 2 is 1.65 bits per heavy atom. The number of nitrogens with zero attached hydrogens (tertiary/aromatic N) is 2. The van der Waals surface area contributed by atoms with E-state index in [1.165, 1.54) is 43.4 Å². The van der Waals surface area contributed by atoms with Gasteiger partial charge in [0.1, 0.15) is 0 Å². The predicted molar refractivity (Wildman–Crippen MR) is 187 cm³/mol. The van der Waals surface area contributed by atoms with E-state index in [9.17, 15) is 23.5 Å². The Hall–Kier alpha value is -4.34. The number of nitrogens with one attached hydrogen (secondary N) is 1. The molecule has 3 fully saturated rings. The molecule has 2 N–H and O–H groups in total. The summed E-state index contributed by atoms with van der Waals surface area (Å²) in [7, 11) is 1.62. The summed E-state index contributed by atoms with van der Waals surface area (Å²) >= 11 is 12.0. The number of aromatic nitrogens is 1. The van der Waals surface area contributed by atoms with Crippen molar-refractivity contribution in [1.82, 2.24) is 4.98 Å². The highest BCUT2D eigenvalue weighted by atomic mass is 35.5. The molecule has 51 heavy (non-hydrogen) atoms. The summed E-state index contributed by atoms with van der Waals surface area (Å²) in [6.45, 7) is 5.14. The van der Waals surface area contributed by atoms with E-state index < -0.39 is 24.0 Å². The lowest BCUT2D eigenvalue weighted by Crippen LogP contribution is -2.31. The Labute approximate surface area is 305 Å². The van der Waals surface area contributed by atoms with Gasteiger partial charge < -0.3 is 34.2 Å². The van der Waals surface area contributed by atoms with E-state index in [2.05, 4.69) is 19.9 Å². The van der Waals surface area contributed by atoms with Gasteiger partial charge in [-0.15, -0.1) is 0 Å². The van der Waals surface area contributed by atoms with Gasteiger partial charge in [-0.05, 0) is 93.7 Å². The molecule has 1 heterocycles. The van der Waals surface area contributed by atoms with Crippen molar-refractivity contribution in [3.8, 4) is 23.0 Å². The Kier molecular flexibility index (Phi) is 12.8. The van der Waals surface area contributed by atoms with Gasteiger partial charge in [0.05, 0.1) is 41.5 Å². The fourth-order valence-electron chi connectivity index (χ4n) is 6.22. The zero-order valence-electron chi connectivity index (χ0n) is 28.0. The average Bonchev–Trinajstić information content (AvgIpc) is 3.82. The largest absolute Gasteiger partial charge is 0.493 e. The minimum absolute atomic E-state index is 0.0803. The quantitative estimate of drug-likeness (QED) is 0.176. The monoisotopic (exact) mass is 745 g/mol. The number of hydrogen-bond donors (Lipinski definition) is 2. The van der Waals surface area contributed by atoms with Gasteiger partial charge in [-0.25, -0.2) is 6.57 Å². The zero-order chi connectivity index (χ0) is 36.5. The molecule has 0 bridgehead atoms. The summed E-state index contributed by atoms with van der Waals surface area (Å²) in [6, 6.07) is 9.70. The summed E-state index contributed by atoms with van der Waals surface area (Å²) in [5.74, 6) is 0.140. The van der Waals surface area contributed by atoms with Gasteiger partial charge in [-0.2, -0.15) is 8.78 Å². The maximum atomic E-state index is 12.6. The van der Waals surface area contributed by atoms with Crippen molar-refractivity contribution in [3.05, 3.63) is 81.4 Å². The van der Waals surface area contributed by atoms with Gasteiger partial charge in [0.25, 0.3) is 11.4 Å². The molecule has 3 aromatic rings. The van der Waals surface area contributed by atoms with Crippen molar-refractivity contribution in [1.29, 1.82) is 0 Å². The molecular weight excluding hydrogens is 707 g/mol. The third-order valence-corrected chi connectivity index (χ3v) is 9.93. The van der Waals surface area contributed by atoms with Crippen LogP contribution in [-0.4, -0.2) is 48.4 Å². The van der Waals surface area contributed by atoms with Crippen LogP contribution in [0.15, 0.2) is 48.8 Å². The zero-order valence-corrected chi connectivity index (χ0v) is 29.5. The summed E-state index contributed by atoms with van der Waals surface area (Å²) in [4.78, 5) is 31.4. The van der Waals surface area contributed by atoms with Crippen molar-refractivity contribution in [2.24, 2.45) is 11.8 Å². The van der Waals surface area contributed by atoms with E-state index in [-0.39, 0.29) is 44.8 Å². The molecule has 14 heteroatoms. The van der Waals surface area contributed by atoms with Gasteiger partial charge in [0, 0.05) is 36.4 Å². The smallest absolute Gasteiger partial charge is 0.387 e. The van der Waals surface area contributed by atoms with E-state index in [0.717, 1.165) is 31.2 Å². The first-order valence-corrected chi connectivity index (χ1v) is 17.6. The van der Waals surface area contributed by atoms with Crippen LogP contribution in [0.2, 0.25) is 10.0 Å². The minimum Gasteiger partial charge on any atom is -0.493 e. The molecule has 6 rings (SSSR count). The van der Waals surface area contributed by atoms with Gasteiger partial charge in [0.2, 0.25) is 0 Å². The first-order valence-electron chi connectivity index (χ1n) is 16.8. The van der Waals surface area contributed by atoms with Crippen molar-refractivity contribution in [2.45, 2.75) is 82.5 Å². The van der Waals surface area contributed by atoms with Crippen LogP contribution in [0.25, 0.3) is 4.85 Å². The van der Waals surface area contributed by atoms with Crippen molar-refractivity contribution in [2.75, 3.05) is 19.0 Å². The number of halogens is 4. The summed E-state index contributed by atoms with van der Waals surface area (Å²) in [5.41, 5.74) is 0.662. The lowest BCUT2D eigenvalue weighted by Gasteiger charge is -2.30. The van der Waals surface area contributed by atoms with Gasteiger partial charge in [-0.3, -0.25) is 14.6 Å². The molecule has 2 aromatic carbocycles. The Morgan fingerprint density at radius 3 is 2.24 bits per heavy atom. The van der Waals surface area contributed by atoms with Crippen LogP contribution in [0.3, 0.4) is 0 Å². The van der Waals surface area contributed by atoms with Crippen molar-refractivity contribution in [3.63, 3.8) is 0 Å². The first-order chi connectivity index (χ1) is 24.5. The topological polar surface area (TPSA) is 121 Å². The number of ether oxygens (including phenoxy) is 4. The number of rotatable bonds is 12. The minimum atomic E-state index is -2.99. The average molecular weight is 747 g/mol. The lowest BCUT2D eigenvalue weighted by atomic mass is 9.73. The van der Waals surface area contributed by atoms with Crippen LogP contribution in [0, 0.1) is 18.4 Å². The molecule has 272 valence electrons. The van der Waals surface area contributed by atoms with Gasteiger partial charge in [-0.1, -0.05) is 23.2 Å². The van der Waals surface area contributed by atoms with Crippen LogP contribution in [0.5, 0.6) is 23.0 Å². The standard InChI is InChI=1S/C20H25NO4.C17H14Cl2F2N2O3/c1-21-20(11-9-14(10-12-20)19(22)23)15-7-8-17(24-2)18(13-15)25-16-5-3-4-6-16;18-11-6-22-7-12(19)15(11)23-16(24)10-3-4-13(26-17(20)21)14(5-10)25-8-9-1-2-9/h7-8,13-14,16H,3-6,9-12H2,2H3,(H,22,23);3-7,9,17H,1-2,8H2,(H,22,23,24). The molecule has 0 spiro atoms. The molecule has 0 atom stereocenters. The highest BCUT2D eigenvalue weighted by Gasteiger charge is 2.45. The molecule has 3 aliphatic rings. The van der Waals surface area contributed by atoms with E-state index in [0.29, 0.717) is 49.7 Å². The first kappa shape index (κ1) is 37.9. The molecule has 0 saturated heterocycles. The van der Waals surface area contributed by atoms with Gasteiger partial charge >= 0.3 is 12.6 Å². The second-order valence-corrected chi connectivity index (χ2v) is 13.7. The number of anilines is 1. The van der Waals surface area contributed by atoms with E-state index in [1.807, 2.05) is 18.2 Å². The van der Waals surface area contributed by atoms with Crippen LogP contribution < -0.4 is 24.3 Å². The predicted octanol–water partition coefficient (Wildman–Crippen LogP) is 9.44. The third-order valence-electron chi connectivity index (χ3n) is 9.36. The fraction of sp³-hybridized carbons (Fsp3) is 0.459. The highest BCUT2D eigenvalue weighted by Crippen LogP contribution is 2.45. The number of hydrogen-bond acceptors (Lipinski definition) is 7. The van der Waals surface area contributed by atoms with E-state index >= 15 is 0 Å². The number of methoxy groups -OCH3 is 1. The van der Waals surface area contributed by atoms with Gasteiger partial charge in [0.15, 0.2) is 23.0 Å². The SMILES string of the molecule is O=C(Nc1c(Cl)cncc1Cl)c1ccc(OC(F)F)c(OCC2CC2)c1.[C-]#[N+]C1(c2ccc(OC)c(OC3CCCC3)c2)CCC(C(=O)O)CC1. The number of carbonyl (C=O) groups is 2. The molecule has 0 radical (unpaired) electrons. The van der Waals surface area contributed by atoms with Crippen LogP contribution in [-0.2, 0) is 10.3 Å². The number of carboxylic acids is 1. The second-order valence-electron chi connectivity index (χ2n) is 12.9. The number of amides is 1. The summed E-state index contributed by atoms with van der Waals surface area (Å²) in [6.07, 6.45) is 11.7. The Balaban J connectivity index is 0.000000198. The fourth-order valence-corrected chi connectivity index (χ4v) is 6.67. The number of carbonyl (C=O) groups excluding carboxylic acids is 1. The molecule has 1 aromatic heterocycles. The number of alkyl halides is 2. The van der Waals surface area contributed by atoms with Crippen LogP contribution in [0.1, 0.15) is 80.1 Å². The molecule has 0 unspecified atom stereocenters. The Bertz CT molecular complexity index is 1720. The highest BCUT2D eigenvalue weighted by molar-refractivity contribution is 6.39. The molecule has 3 aliphatic carbocycles. The summed E-state index contributed by atoms with van der Waals surface area (Å²) < 4.78 is 46.7. The van der Waals surface area contributed by atoms with Crippen LogP contribution in [0.4, 0.5) is 14.5 Å². The molecular formula is C37H39Cl2F2N3O7. The number of aliphatic carboxylic acids is 1. The van der Waals surface area contributed by atoms with Crippen molar-refractivity contribution >= 4 is 40.8 Å². The number of carboxylic acid groups (broad SMARTS) is 1. The van der Waals surface area contributed by atoms with E-state index in [4.69, 9.17) is 44.0 Å². The summed E-state index contributed by atoms with van der Waals surface area (Å²) in [5, 5.41) is 12.1. The van der Waals surface area contributed by atoms with Crippen molar-refractivity contribution < 1.29 is 42.4 Å². The molecule has 1 amide bonds. The molecule has 3 saturated carbocycles.